The van der Waals surface area contributed by atoms with E-state index in [-0.39, 0.29) is 11.7 Å². The molecule has 0 bridgehead atoms. The second-order valence-corrected chi connectivity index (χ2v) is 5.09. The molecule has 4 heteroatoms. The Morgan fingerprint density at radius 3 is 2.57 bits per heavy atom. The molecule has 0 aliphatic rings. The maximum atomic E-state index is 12.3. The lowest BCUT2D eigenvalue weighted by atomic mass is 10.0. The molecule has 0 saturated heterocycles. The van der Waals surface area contributed by atoms with Gasteiger partial charge < -0.3 is 15.2 Å². The first-order valence-corrected chi connectivity index (χ1v) is 6.80. The number of methoxy groups -OCH3 is 1. The number of para-hydroxylation sites is 1. The van der Waals surface area contributed by atoms with Gasteiger partial charge in [-0.3, -0.25) is 4.79 Å². The van der Waals surface area contributed by atoms with Crippen LogP contribution < -0.4 is 10.1 Å². The van der Waals surface area contributed by atoms with Gasteiger partial charge in [-0.15, -0.1) is 0 Å². The van der Waals surface area contributed by atoms with Crippen LogP contribution in [0.3, 0.4) is 0 Å². The van der Waals surface area contributed by atoms with Crippen LogP contribution >= 0.6 is 0 Å². The zero-order chi connectivity index (χ0) is 15.4. The van der Waals surface area contributed by atoms with Gasteiger partial charge in [-0.1, -0.05) is 32.0 Å². The van der Waals surface area contributed by atoms with Gasteiger partial charge in [0.25, 0.3) is 5.91 Å². The first-order chi connectivity index (χ1) is 10.0. The van der Waals surface area contributed by atoms with Gasteiger partial charge in [0.05, 0.1) is 18.4 Å². The van der Waals surface area contributed by atoms with Crippen molar-refractivity contribution in [3.8, 4) is 11.5 Å². The molecule has 2 aromatic rings. The maximum Gasteiger partial charge on any atom is 0.259 e. The number of hydrogen-bond donors (Lipinski definition) is 2. The molecule has 0 heterocycles. The van der Waals surface area contributed by atoms with E-state index in [0.717, 1.165) is 5.56 Å². The highest BCUT2D eigenvalue weighted by molar-refractivity contribution is 6.06. The summed E-state index contributed by atoms with van der Waals surface area (Å²) in [5, 5.41) is 12.6. The highest BCUT2D eigenvalue weighted by Gasteiger charge is 2.14. The molecule has 1 amide bonds. The van der Waals surface area contributed by atoms with Gasteiger partial charge in [-0.25, -0.2) is 0 Å². The van der Waals surface area contributed by atoms with Crippen LogP contribution in [-0.4, -0.2) is 18.1 Å². The number of anilines is 1. The molecule has 0 atom stereocenters. The molecular weight excluding hydrogens is 266 g/mol. The molecule has 0 unspecified atom stereocenters. The Bertz CT molecular complexity index is 650. The highest BCUT2D eigenvalue weighted by atomic mass is 16.5. The zero-order valence-corrected chi connectivity index (χ0v) is 12.4. The smallest absolute Gasteiger partial charge is 0.259 e. The first-order valence-electron chi connectivity index (χ1n) is 6.80. The summed E-state index contributed by atoms with van der Waals surface area (Å²) < 4.78 is 5.17. The predicted octanol–water partition coefficient (Wildman–Crippen LogP) is 3.78. The van der Waals surface area contributed by atoms with E-state index in [1.807, 2.05) is 6.07 Å². The van der Waals surface area contributed by atoms with Crippen LogP contribution in [0, 0.1) is 0 Å². The summed E-state index contributed by atoms with van der Waals surface area (Å²) in [6.45, 7) is 4.11. The van der Waals surface area contributed by atoms with E-state index in [0.29, 0.717) is 22.9 Å². The number of carbonyl (C=O) groups excluding carboxylic acids is 1. The molecule has 110 valence electrons. The number of phenols is 1. The lowest BCUT2D eigenvalue weighted by Gasteiger charge is -2.13. The molecule has 4 nitrogen and oxygen atoms in total. The summed E-state index contributed by atoms with van der Waals surface area (Å²) in [6, 6.07) is 12.2. The van der Waals surface area contributed by atoms with Crippen molar-refractivity contribution in [3.05, 3.63) is 53.6 Å². The average molecular weight is 285 g/mol. The summed E-state index contributed by atoms with van der Waals surface area (Å²) in [4.78, 5) is 12.3. The fourth-order valence-corrected chi connectivity index (χ4v) is 2.03. The van der Waals surface area contributed by atoms with Crippen molar-refractivity contribution in [2.24, 2.45) is 0 Å². The van der Waals surface area contributed by atoms with Crippen molar-refractivity contribution < 1.29 is 14.6 Å². The molecule has 2 rings (SSSR count). The number of phenolic OH excluding ortho intramolecular Hbond substituents is 1. The van der Waals surface area contributed by atoms with Crippen LogP contribution in [0.4, 0.5) is 5.69 Å². The molecule has 0 radical (unpaired) electrons. The third kappa shape index (κ3) is 3.34. The van der Waals surface area contributed by atoms with E-state index in [1.165, 1.54) is 7.11 Å². The standard InChI is InChI=1S/C17H19NO3/c1-11(2)12-8-9-15(19)14(10-12)18-17(20)13-6-4-5-7-16(13)21-3/h4-11,19H,1-3H3,(H,18,20). The molecule has 0 fully saturated rings. The van der Waals surface area contributed by atoms with Gasteiger partial charge in [0, 0.05) is 0 Å². The van der Waals surface area contributed by atoms with Gasteiger partial charge in [-0.05, 0) is 35.7 Å². The zero-order valence-electron chi connectivity index (χ0n) is 12.4. The SMILES string of the molecule is COc1ccccc1C(=O)Nc1cc(C(C)C)ccc1O. The molecule has 0 aromatic heterocycles. The van der Waals surface area contributed by atoms with Gasteiger partial charge in [0.1, 0.15) is 11.5 Å². The average Bonchev–Trinajstić information content (AvgIpc) is 2.49. The normalized spacial score (nSPS) is 10.5. The Morgan fingerprint density at radius 2 is 1.90 bits per heavy atom. The number of carbonyl (C=O) groups is 1. The van der Waals surface area contributed by atoms with Crippen molar-refractivity contribution in [3.63, 3.8) is 0 Å². The molecular formula is C17H19NO3. The van der Waals surface area contributed by atoms with Crippen LogP contribution in [-0.2, 0) is 0 Å². The third-order valence-electron chi connectivity index (χ3n) is 3.29. The van der Waals surface area contributed by atoms with Crippen LogP contribution in [0.25, 0.3) is 0 Å². The van der Waals surface area contributed by atoms with E-state index >= 15 is 0 Å². The largest absolute Gasteiger partial charge is 0.506 e. The molecule has 2 aromatic carbocycles. The minimum Gasteiger partial charge on any atom is -0.506 e. The van der Waals surface area contributed by atoms with E-state index in [9.17, 15) is 9.90 Å². The van der Waals surface area contributed by atoms with Crippen molar-refractivity contribution >= 4 is 11.6 Å². The molecule has 0 aliphatic heterocycles. The maximum absolute atomic E-state index is 12.3. The van der Waals surface area contributed by atoms with Crippen molar-refractivity contribution in [1.29, 1.82) is 0 Å². The summed E-state index contributed by atoms with van der Waals surface area (Å²) in [5.41, 5.74) is 1.87. The monoisotopic (exact) mass is 285 g/mol. The van der Waals surface area contributed by atoms with Crippen LogP contribution in [0.15, 0.2) is 42.5 Å². The van der Waals surface area contributed by atoms with Gasteiger partial charge in [0.15, 0.2) is 0 Å². The van der Waals surface area contributed by atoms with Gasteiger partial charge in [0.2, 0.25) is 0 Å². The summed E-state index contributed by atoms with van der Waals surface area (Å²) in [6.07, 6.45) is 0. The van der Waals surface area contributed by atoms with E-state index < -0.39 is 0 Å². The van der Waals surface area contributed by atoms with Crippen molar-refractivity contribution in [1.82, 2.24) is 0 Å². The van der Waals surface area contributed by atoms with Crippen LogP contribution in [0.2, 0.25) is 0 Å². The lowest BCUT2D eigenvalue weighted by Crippen LogP contribution is -2.13. The fraction of sp³-hybridized carbons (Fsp3) is 0.235. The molecule has 0 aliphatic carbocycles. The summed E-state index contributed by atoms with van der Waals surface area (Å²) in [7, 11) is 1.52. The number of ether oxygens (including phenoxy) is 1. The lowest BCUT2D eigenvalue weighted by molar-refractivity contribution is 0.102. The number of benzene rings is 2. The number of aromatic hydroxyl groups is 1. The molecule has 0 spiro atoms. The topological polar surface area (TPSA) is 58.6 Å². The number of rotatable bonds is 4. The number of amides is 1. The van der Waals surface area contributed by atoms with Crippen LogP contribution in [0.1, 0.15) is 35.7 Å². The predicted molar refractivity (Wildman–Crippen MR) is 83.1 cm³/mol. The third-order valence-corrected chi connectivity index (χ3v) is 3.29. The summed E-state index contributed by atoms with van der Waals surface area (Å²) in [5.74, 6) is 0.535. The van der Waals surface area contributed by atoms with Gasteiger partial charge >= 0.3 is 0 Å². The van der Waals surface area contributed by atoms with Crippen molar-refractivity contribution in [2.45, 2.75) is 19.8 Å². The Kier molecular flexibility index (Phi) is 4.48. The minimum absolute atomic E-state index is 0.0441. The Labute approximate surface area is 124 Å². The Balaban J connectivity index is 2.29. The quantitative estimate of drug-likeness (QED) is 0.840. The van der Waals surface area contributed by atoms with E-state index in [4.69, 9.17) is 4.74 Å². The summed E-state index contributed by atoms with van der Waals surface area (Å²) >= 11 is 0. The number of hydrogen-bond acceptors (Lipinski definition) is 3. The highest BCUT2D eigenvalue weighted by Crippen LogP contribution is 2.29. The molecule has 0 saturated carbocycles. The van der Waals surface area contributed by atoms with Crippen molar-refractivity contribution in [2.75, 3.05) is 12.4 Å². The minimum atomic E-state index is -0.316. The van der Waals surface area contributed by atoms with E-state index in [2.05, 4.69) is 19.2 Å². The Hall–Kier alpha value is -2.49. The molecule has 2 N–H and O–H groups in total. The van der Waals surface area contributed by atoms with Gasteiger partial charge in [-0.2, -0.15) is 0 Å². The second-order valence-electron chi connectivity index (χ2n) is 5.09. The number of nitrogens with one attached hydrogen (secondary N) is 1. The first kappa shape index (κ1) is 14.9. The second kappa shape index (κ2) is 6.31. The Morgan fingerprint density at radius 1 is 1.19 bits per heavy atom. The fourth-order valence-electron chi connectivity index (χ4n) is 2.03. The van der Waals surface area contributed by atoms with Crippen LogP contribution in [0.5, 0.6) is 11.5 Å². The molecule has 21 heavy (non-hydrogen) atoms. The van der Waals surface area contributed by atoms with E-state index in [1.54, 1.807) is 36.4 Å².